The van der Waals surface area contributed by atoms with Crippen molar-refractivity contribution in [3.63, 3.8) is 0 Å². The predicted molar refractivity (Wildman–Crippen MR) is 138 cm³/mol. The smallest absolute Gasteiger partial charge is 0.280 e. The summed E-state index contributed by atoms with van der Waals surface area (Å²) in [4.78, 5) is 39.3. The van der Waals surface area contributed by atoms with Crippen molar-refractivity contribution in [3.05, 3.63) is 70.1 Å². The van der Waals surface area contributed by atoms with Gasteiger partial charge in [-0.05, 0) is 24.1 Å². The molecule has 0 fully saturated rings. The molecule has 2 heterocycles. The van der Waals surface area contributed by atoms with Gasteiger partial charge in [-0.1, -0.05) is 19.1 Å². The van der Waals surface area contributed by atoms with E-state index in [9.17, 15) is 9.59 Å². The molecule has 0 radical (unpaired) electrons. The van der Waals surface area contributed by atoms with Crippen molar-refractivity contribution in [2.45, 2.75) is 13.3 Å². The number of anilines is 2. The summed E-state index contributed by atoms with van der Waals surface area (Å²) in [5.41, 5.74) is 4.32. The summed E-state index contributed by atoms with van der Waals surface area (Å²) in [7, 11) is 5.86. The number of hydrogen-bond acceptors (Lipinski definition) is 9. The quantitative estimate of drug-likeness (QED) is 0.329. The molecule has 2 N–H and O–H groups in total. The highest BCUT2D eigenvalue weighted by atomic mass is 16.6. The minimum atomic E-state index is -0.673. The van der Waals surface area contributed by atoms with Gasteiger partial charge in [0, 0.05) is 35.9 Å². The predicted octanol–water partition coefficient (Wildman–Crippen LogP) is 3.40. The lowest BCUT2D eigenvalue weighted by atomic mass is 10.1. The molecule has 0 saturated heterocycles. The van der Waals surface area contributed by atoms with Crippen molar-refractivity contribution in [2.75, 3.05) is 33.8 Å². The lowest BCUT2D eigenvalue weighted by molar-refractivity contribution is 0.0536. The van der Waals surface area contributed by atoms with Crippen molar-refractivity contribution >= 4 is 28.6 Å². The number of nitrogens with one attached hydrogen (secondary N) is 2. The average molecular weight is 506 g/mol. The van der Waals surface area contributed by atoms with E-state index in [0.29, 0.717) is 34.3 Å². The fourth-order valence-electron chi connectivity index (χ4n) is 3.85. The second-order valence-electron chi connectivity index (χ2n) is 7.87. The molecule has 11 nitrogen and oxygen atoms in total. The molecular weight excluding hydrogens is 478 g/mol. The highest BCUT2D eigenvalue weighted by Gasteiger charge is 2.19. The van der Waals surface area contributed by atoms with E-state index in [1.165, 1.54) is 40.8 Å². The third-order valence-electron chi connectivity index (χ3n) is 5.73. The number of nitrogens with zero attached hydrogens (tertiary/aromatic N) is 3. The minimum Gasteiger partial charge on any atom is -0.493 e. The molecule has 11 heteroatoms. The standard InChI is InChI=1S/C26H27N5O6/c1-6-15-7-9-17(10-8-15)31-14-19(25(33)30-37-5)22(32)18-13-27-26(29-24(18)31)28-16-11-20(34-2)23(36-4)21(12-16)35-3/h7-14H,6H2,1-5H3,(H,30,33)(H,27,28,29). The zero-order valence-corrected chi connectivity index (χ0v) is 21.1. The van der Waals surface area contributed by atoms with Gasteiger partial charge < -0.3 is 24.1 Å². The summed E-state index contributed by atoms with van der Waals surface area (Å²) in [6.45, 7) is 2.06. The molecular formula is C26H27N5O6. The van der Waals surface area contributed by atoms with Gasteiger partial charge in [0.05, 0.1) is 33.8 Å². The molecule has 0 saturated carbocycles. The van der Waals surface area contributed by atoms with Gasteiger partial charge in [0.2, 0.25) is 17.1 Å². The van der Waals surface area contributed by atoms with E-state index in [4.69, 9.17) is 19.0 Å². The van der Waals surface area contributed by atoms with Crippen LogP contribution in [0, 0.1) is 0 Å². The number of amides is 1. The lowest BCUT2D eigenvalue weighted by Gasteiger charge is -2.16. The number of hydrogen-bond donors (Lipinski definition) is 2. The summed E-state index contributed by atoms with van der Waals surface area (Å²) < 4.78 is 17.9. The average Bonchev–Trinajstić information content (AvgIpc) is 2.92. The fraction of sp³-hybridized carbons (Fsp3) is 0.231. The molecule has 0 atom stereocenters. The van der Waals surface area contributed by atoms with Gasteiger partial charge in [-0.2, -0.15) is 4.98 Å². The Kier molecular flexibility index (Phi) is 7.54. The van der Waals surface area contributed by atoms with Gasteiger partial charge in [0.1, 0.15) is 5.56 Å². The highest BCUT2D eigenvalue weighted by Crippen LogP contribution is 2.40. The number of pyridine rings is 1. The number of methoxy groups -OCH3 is 3. The summed E-state index contributed by atoms with van der Waals surface area (Å²) >= 11 is 0. The first-order chi connectivity index (χ1) is 17.9. The second-order valence-corrected chi connectivity index (χ2v) is 7.87. The van der Waals surface area contributed by atoms with Crippen LogP contribution in [0.3, 0.4) is 0 Å². The SMILES string of the molecule is CCc1ccc(-n2cc(C(=O)NOC)c(=O)c3cnc(Nc4cc(OC)c(OC)c(OC)c4)nc32)cc1. The first-order valence-corrected chi connectivity index (χ1v) is 11.4. The van der Waals surface area contributed by atoms with E-state index in [1.807, 2.05) is 24.3 Å². The third-order valence-corrected chi connectivity index (χ3v) is 5.73. The Labute approximate surface area is 212 Å². The Morgan fingerprint density at radius 1 is 1.00 bits per heavy atom. The summed E-state index contributed by atoms with van der Waals surface area (Å²) in [6.07, 6.45) is 3.69. The summed E-state index contributed by atoms with van der Waals surface area (Å²) in [5.74, 6) is 0.891. The number of fused-ring (bicyclic) bond motifs is 1. The van der Waals surface area contributed by atoms with E-state index in [0.717, 1.165) is 12.0 Å². The van der Waals surface area contributed by atoms with Gasteiger partial charge in [-0.3, -0.25) is 14.4 Å². The van der Waals surface area contributed by atoms with Gasteiger partial charge in [-0.15, -0.1) is 0 Å². The number of benzene rings is 2. The monoisotopic (exact) mass is 505 g/mol. The Bertz CT molecular complexity index is 1480. The number of aryl methyl sites for hydroxylation is 1. The number of hydroxylamine groups is 1. The number of carbonyl (C=O) groups is 1. The zero-order chi connectivity index (χ0) is 26.5. The van der Waals surface area contributed by atoms with Crippen molar-refractivity contribution < 1.29 is 23.8 Å². The van der Waals surface area contributed by atoms with Crippen LogP contribution < -0.4 is 30.4 Å². The van der Waals surface area contributed by atoms with Gasteiger partial charge in [0.25, 0.3) is 5.91 Å². The highest BCUT2D eigenvalue weighted by molar-refractivity contribution is 5.96. The van der Waals surface area contributed by atoms with E-state index < -0.39 is 11.3 Å². The first kappa shape index (κ1) is 25.5. The molecule has 0 unspecified atom stereocenters. The maximum atomic E-state index is 13.2. The maximum Gasteiger partial charge on any atom is 0.280 e. The van der Waals surface area contributed by atoms with Crippen LogP contribution in [0.25, 0.3) is 16.7 Å². The van der Waals surface area contributed by atoms with Crippen LogP contribution in [0.4, 0.5) is 11.6 Å². The van der Waals surface area contributed by atoms with Crippen molar-refractivity contribution in [2.24, 2.45) is 0 Å². The first-order valence-electron chi connectivity index (χ1n) is 11.4. The van der Waals surface area contributed by atoms with E-state index in [1.54, 1.807) is 16.7 Å². The molecule has 37 heavy (non-hydrogen) atoms. The van der Waals surface area contributed by atoms with Crippen LogP contribution in [0.15, 0.2) is 53.6 Å². The number of aromatic nitrogens is 3. The Morgan fingerprint density at radius 2 is 1.68 bits per heavy atom. The zero-order valence-electron chi connectivity index (χ0n) is 21.1. The number of ether oxygens (including phenoxy) is 3. The van der Waals surface area contributed by atoms with Gasteiger partial charge >= 0.3 is 0 Å². The summed E-state index contributed by atoms with van der Waals surface area (Å²) in [6, 6.07) is 11.2. The van der Waals surface area contributed by atoms with E-state index >= 15 is 0 Å². The normalized spacial score (nSPS) is 10.7. The largest absolute Gasteiger partial charge is 0.493 e. The molecule has 192 valence electrons. The Morgan fingerprint density at radius 3 is 2.24 bits per heavy atom. The molecule has 1 amide bonds. The molecule has 0 aliphatic carbocycles. The van der Waals surface area contributed by atoms with Crippen LogP contribution in [0.5, 0.6) is 17.2 Å². The fourth-order valence-corrected chi connectivity index (χ4v) is 3.85. The lowest BCUT2D eigenvalue weighted by Crippen LogP contribution is -2.29. The van der Waals surface area contributed by atoms with Crippen LogP contribution in [0.2, 0.25) is 0 Å². The molecule has 4 aromatic rings. The van der Waals surface area contributed by atoms with Crippen LogP contribution >= 0.6 is 0 Å². The number of carbonyl (C=O) groups excluding carboxylic acids is 1. The molecule has 2 aromatic heterocycles. The van der Waals surface area contributed by atoms with Crippen LogP contribution in [-0.2, 0) is 11.3 Å². The Balaban J connectivity index is 1.87. The molecule has 2 aromatic carbocycles. The summed E-state index contributed by atoms with van der Waals surface area (Å²) in [5, 5.41) is 3.28. The second kappa shape index (κ2) is 11.0. The molecule has 0 spiro atoms. The van der Waals surface area contributed by atoms with E-state index in [2.05, 4.69) is 27.7 Å². The third kappa shape index (κ3) is 5.02. The minimum absolute atomic E-state index is 0.108. The molecule has 4 rings (SSSR count). The van der Waals surface area contributed by atoms with E-state index in [-0.39, 0.29) is 16.9 Å². The van der Waals surface area contributed by atoms with Crippen LogP contribution in [0.1, 0.15) is 22.8 Å². The molecule has 0 aliphatic rings. The van der Waals surface area contributed by atoms with Crippen molar-refractivity contribution in [1.82, 2.24) is 20.0 Å². The van der Waals surface area contributed by atoms with Crippen molar-refractivity contribution in [1.29, 1.82) is 0 Å². The Hall–Kier alpha value is -4.64. The number of rotatable bonds is 9. The van der Waals surface area contributed by atoms with Crippen LogP contribution in [-0.4, -0.2) is 48.9 Å². The maximum absolute atomic E-state index is 13.2. The molecule has 0 aliphatic heterocycles. The molecule has 0 bridgehead atoms. The van der Waals surface area contributed by atoms with Crippen molar-refractivity contribution in [3.8, 4) is 22.9 Å². The van der Waals surface area contributed by atoms with Gasteiger partial charge in [-0.25, -0.2) is 10.5 Å². The topological polar surface area (TPSA) is 126 Å². The van der Waals surface area contributed by atoms with Gasteiger partial charge in [0.15, 0.2) is 17.1 Å².